The Morgan fingerprint density at radius 1 is 1.14 bits per heavy atom. The van der Waals surface area contributed by atoms with Gasteiger partial charge in [0.05, 0.1) is 0 Å². The lowest BCUT2D eigenvalue weighted by molar-refractivity contribution is -0.124. The van der Waals surface area contributed by atoms with Gasteiger partial charge in [0.15, 0.2) is 6.61 Å². The fourth-order valence-corrected chi connectivity index (χ4v) is 3.65. The van der Waals surface area contributed by atoms with Crippen LogP contribution in [0.25, 0.3) is 0 Å². The van der Waals surface area contributed by atoms with Crippen LogP contribution in [0.2, 0.25) is 5.02 Å². The van der Waals surface area contributed by atoms with E-state index in [-0.39, 0.29) is 18.6 Å². The minimum absolute atomic E-state index is 0.0142. The molecule has 156 valence electrons. The highest BCUT2D eigenvalue weighted by Gasteiger charge is 2.23. The average Bonchev–Trinajstić information content (AvgIpc) is 2.68. The van der Waals surface area contributed by atoms with E-state index in [4.69, 9.17) is 16.3 Å². The molecular weight excluding hydrogens is 388 g/mol. The third-order valence-electron chi connectivity index (χ3n) is 5.08. The minimum Gasteiger partial charge on any atom is -0.484 e. The highest BCUT2D eigenvalue weighted by atomic mass is 35.5. The normalized spacial score (nSPS) is 18.8. The van der Waals surface area contributed by atoms with Gasteiger partial charge in [-0.15, -0.1) is 0 Å². The number of pyridine rings is 1. The lowest BCUT2D eigenvalue weighted by Gasteiger charge is -2.30. The van der Waals surface area contributed by atoms with Gasteiger partial charge in [0.1, 0.15) is 11.6 Å². The Morgan fingerprint density at radius 3 is 2.45 bits per heavy atom. The molecule has 1 amide bonds. The van der Waals surface area contributed by atoms with Crippen molar-refractivity contribution in [2.45, 2.75) is 44.7 Å². The number of hydrogen-bond acceptors (Lipinski definition) is 5. The summed E-state index contributed by atoms with van der Waals surface area (Å²) in [7, 11) is 4.06. The molecule has 1 aromatic carbocycles. The number of aryl methyl sites for hydroxylation is 1. The fraction of sp³-hybridized carbons (Fsp3) is 0.455. The Hall–Kier alpha value is -2.47. The summed E-state index contributed by atoms with van der Waals surface area (Å²) >= 11 is 5.85. The second kappa shape index (κ2) is 9.83. The van der Waals surface area contributed by atoms with E-state index < -0.39 is 0 Å². The summed E-state index contributed by atoms with van der Waals surface area (Å²) in [5.41, 5.74) is 2.14. The van der Waals surface area contributed by atoms with Crippen LogP contribution in [0.1, 0.15) is 31.4 Å². The lowest BCUT2D eigenvalue weighted by atomic mass is 9.91. The van der Waals surface area contributed by atoms with Crippen molar-refractivity contribution in [3.63, 3.8) is 0 Å². The topological polar surface area (TPSA) is 66.5 Å². The summed E-state index contributed by atoms with van der Waals surface area (Å²) in [6.07, 6.45) is 3.87. The molecule has 1 aliphatic rings. The molecule has 2 aromatic rings. The molecule has 7 heteroatoms. The average molecular weight is 417 g/mol. The smallest absolute Gasteiger partial charge is 0.258 e. The summed E-state index contributed by atoms with van der Waals surface area (Å²) in [5, 5.41) is 7.28. The van der Waals surface area contributed by atoms with Gasteiger partial charge < -0.3 is 20.3 Å². The van der Waals surface area contributed by atoms with Gasteiger partial charge in [0.25, 0.3) is 5.91 Å². The number of anilines is 2. The molecule has 1 heterocycles. The zero-order valence-corrected chi connectivity index (χ0v) is 18.0. The lowest BCUT2D eigenvalue weighted by Crippen LogP contribution is -2.42. The van der Waals surface area contributed by atoms with Crippen molar-refractivity contribution in [3.8, 4) is 5.75 Å². The molecule has 0 unspecified atom stereocenters. The number of nitrogens with zero attached hydrogens (tertiary/aromatic N) is 2. The van der Waals surface area contributed by atoms with Crippen LogP contribution < -0.4 is 20.3 Å². The second-order valence-electron chi connectivity index (χ2n) is 7.75. The molecule has 29 heavy (non-hydrogen) atoms. The van der Waals surface area contributed by atoms with Crippen LogP contribution in [0.3, 0.4) is 0 Å². The van der Waals surface area contributed by atoms with Gasteiger partial charge in [0.2, 0.25) is 0 Å². The van der Waals surface area contributed by atoms with Gasteiger partial charge in [0, 0.05) is 48.6 Å². The molecule has 1 aromatic heterocycles. The molecule has 0 atom stereocenters. The number of hydrogen-bond donors (Lipinski definition) is 2. The van der Waals surface area contributed by atoms with Crippen LogP contribution in [0.4, 0.5) is 11.5 Å². The van der Waals surface area contributed by atoms with E-state index in [1.807, 2.05) is 21.0 Å². The van der Waals surface area contributed by atoms with Gasteiger partial charge in [-0.25, -0.2) is 4.98 Å². The number of rotatable bonds is 7. The first-order valence-corrected chi connectivity index (χ1v) is 10.4. The third-order valence-corrected chi connectivity index (χ3v) is 5.33. The van der Waals surface area contributed by atoms with Crippen LogP contribution in [0.5, 0.6) is 5.75 Å². The summed E-state index contributed by atoms with van der Waals surface area (Å²) in [4.78, 5) is 18.9. The number of benzene rings is 1. The number of aromatic nitrogens is 1. The van der Waals surface area contributed by atoms with Gasteiger partial charge in [-0.1, -0.05) is 11.6 Å². The van der Waals surface area contributed by atoms with Crippen molar-refractivity contribution >= 4 is 29.0 Å². The maximum atomic E-state index is 12.2. The molecule has 0 saturated heterocycles. The van der Waals surface area contributed by atoms with Crippen LogP contribution in [0.15, 0.2) is 36.4 Å². The van der Waals surface area contributed by atoms with Gasteiger partial charge in [-0.2, -0.15) is 0 Å². The molecule has 0 spiro atoms. The monoisotopic (exact) mass is 416 g/mol. The van der Waals surface area contributed by atoms with E-state index in [1.54, 1.807) is 24.3 Å². The van der Waals surface area contributed by atoms with Crippen LogP contribution in [-0.4, -0.2) is 43.7 Å². The van der Waals surface area contributed by atoms with E-state index in [0.29, 0.717) is 16.8 Å². The highest BCUT2D eigenvalue weighted by Crippen LogP contribution is 2.24. The van der Waals surface area contributed by atoms with E-state index >= 15 is 0 Å². The Balaban J connectivity index is 1.42. The SMILES string of the molecule is Cc1cc(N(C)C)cc(N[C@H]2CC[C@@H](NC(=O)COc3ccc(Cl)cc3)CC2)n1. The van der Waals surface area contributed by atoms with E-state index in [2.05, 4.69) is 32.7 Å². The maximum Gasteiger partial charge on any atom is 0.258 e. The van der Waals surface area contributed by atoms with E-state index in [9.17, 15) is 4.79 Å². The first-order valence-electron chi connectivity index (χ1n) is 9.99. The Kier molecular flexibility index (Phi) is 7.20. The standard InChI is InChI=1S/C22H29ClN4O2/c1-15-12-19(27(2)3)13-21(24-15)25-17-6-8-18(9-7-17)26-22(28)14-29-20-10-4-16(23)5-11-20/h4-5,10-13,17-18H,6-9,14H2,1-3H3,(H,24,25)(H,26,28)/t17-,18+. The molecule has 0 aliphatic heterocycles. The molecule has 0 bridgehead atoms. The molecule has 1 saturated carbocycles. The summed E-state index contributed by atoms with van der Waals surface area (Å²) in [6, 6.07) is 11.7. The molecule has 1 fully saturated rings. The van der Waals surface area contributed by atoms with E-state index in [0.717, 1.165) is 42.9 Å². The van der Waals surface area contributed by atoms with Crippen LogP contribution >= 0.6 is 11.6 Å². The summed E-state index contributed by atoms with van der Waals surface area (Å²) in [6.45, 7) is 2.02. The fourth-order valence-electron chi connectivity index (χ4n) is 3.52. The maximum absolute atomic E-state index is 12.2. The molecular formula is C22H29ClN4O2. The predicted octanol–water partition coefficient (Wildman–Crippen LogP) is 4.03. The Labute approximate surface area is 177 Å². The largest absolute Gasteiger partial charge is 0.484 e. The number of halogens is 1. The molecule has 2 N–H and O–H groups in total. The van der Waals surface area contributed by atoms with Crippen molar-refractivity contribution in [2.24, 2.45) is 0 Å². The summed E-state index contributed by atoms with van der Waals surface area (Å²) < 4.78 is 5.51. The zero-order chi connectivity index (χ0) is 20.8. The number of carbonyl (C=O) groups excluding carboxylic acids is 1. The third kappa shape index (κ3) is 6.53. The zero-order valence-electron chi connectivity index (χ0n) is 17.2. The van der Waals surface area contributed by atoms with Gasteiger partial charge >= 0.3 is 0 Å². The van der Waals surface area contributed by atoms with Crippen LogP contribution in [-0.2, 0) is 4.79 Å². The van der Waals surface area contributed by atoms with Gasteiger partial charge in [-0.3, -0.25) is 4.79 Å². The highest BCUT2D eigenvalue weighted by molar-refractivity contribution is 6.30. The summed E-state index contributed by atoms with van der Waals surface area (Å²) in [5.74, 6) is 1.46. The van der Waals surface area contributed by atoms with Crippen molar-refractivity contribution < 1.29 is 9.53 Å². The van der Waals surface area contributed by atoms with E-state index in [1.165, 1.54) is 0 Å². The van der Waals surface area contributed by atoms with Crippen molar-refractivity contribution in [2.75, 3.05) is 30.9 Å². The quantitative estimate of drug-likeness (QED) is 0.713. The first kappa shape index (κ1) is 21.2. The van der Waals surface area contributed by atoms with Crippen molar-refractivity contribution in [3.05, 3.63) is 47.1 Å². The van der Waals surface area contributed by atoms with Gasteiger partial charge in [-0.05, 0) is 62.9 Å². The van der Waals surface area contributed by atoms with Crippen molar-refractivity contribution in [1.29, 1.82) is 0 Å². The number of ether oxygens (including phenoxy) is 1. The predicted molar refractivity (Wildman–Crippen MR) is 118 cm³/mol. The Morgan fingerprint density at radius 2 is 1.79 bits per heavy atom. The molecule has 1 aliphatic carbocycles. The number of nitrogens with one attached hydrogen (secondary N) is 2. The number of amides is 1. The Bertz CT molecular complexity index is 818. The first-order chi connectivity index (χ1) is 13.9. The molecule has 0 radical (unpaired) electrons. The molecule has 3 rings (SSSR count). The second-order valence-corrected chi connectivity index (χ2v) is 8.19. The minimum atomic E-state index is -0.0904. The van der Waals surface area contributed by atoms with Crippen molar-refractivity contribution in [1.82, 2.24) is 10.3 Å². The number of carbonyl (C=O) groups is 1. The molecule has 6 nitrogen and oxygen atoms in total. The van der Waals surface area contributed by atoms with Crippen LogP contribution in [0, 0.1) is 6.92 Å².